The highest BCUT2D eigenvalue weighted by Crippen LogP contribution is 2.02. The third-order valence-corrected chi connectivity index (χ3v) is 4.12. The van der Waals surface area contributed by atoms with Crippen LogP contribution >= 0.6 is 11.8 Å². The van der Waals surface area contributed by atoms with Gasteiger partial charge in [0.05, 0.1) is 17.3 Å². The van der Waals surface area contributed by atoms with Crippen LogP contribution in [0.5, 0.6) is 0 Å². The number of thioether (sulfide) groups is 1. The van der Waals surface area contributed by atoms with Crippen LogP contribution in [0.1, 0.15) is 13.3 Å². The predicted octanol–water partition coefficient (Wildman–Crippen LogP) is 0.949. The van der Waals surface area contributed by atoms with Crippen molar-refractivity contribution in [2.24, 2.45) is 0 Å². The van der Waals surface area contributed by atoms with E-state index in [1.165, 1.54) is 4.68 Å². The molecule has 0 atom stereocenters. The number of benzene rings is 1. The Morgan fingerprint density at radius 3 is 2.73 bits per heavy atom. The van der Waals surface area contributed by atoms with Crippen LogP contribution in [0.2, 0.25) is 0 Å². The number of rotatable bonds is 7. The second kappa shape index (κ2) is 7.84. The van der Waals surface area contributed by atoms with Crippen LogP contribution in [0.4, 0.5) is 0 Å². The number of H-pyrrole nitrogens is 1. The third kappa shape index (κ3) is 4.00. The fourth-order valence-corrected chi connectivity index (χ4v) is 2.73. The lowest BCUT2D eigenvalue weighted by atomic mass is 10.2. The largest absolute Gasteiger partial charge is 0.354 e. The molecule has 0 spiro atoms. The molecule has 22 heavy (non-hydrogen) atoms. The Morgan fingerprint density at radius 1 is 1.27 bits per heavy atom. The Morgan fingerprint density at radius 2 is 2.00 bits per heavy atom. The van der Waals surface area contributed by atoms with E-state index >= 15 is 0 Å². The van der Waals surface area contributed by atoms with Crippen molar-refractivity contribution >= 4 is 28.4 Å². The normalized spacial score (nSPS) is 10.8. The molecule has 1 amide bonds. The Balaban J connectivity index is 2.01. The van der Waals surface area contributed by atoms with E-state index in [0.717, 1.165) is 11.5 Å². The number of aromatic nitrogens is 2. The number of carbonyl (C=O) groups excluding carboxylic acids is 1. The molecular weight excluding hydrogens is 302 g/mol. The summed E-state index contributed by atoms with van der Waals surface area (Å²) >= 11 is 1.71. The van der Waals surface area contributed by atoms with E-state index in [1.54, 1.807) is 36.0 Å². The van der Waals surface area contributed by atoms with E-state index in [-0.39, 0.29) is 23.6 Å². The average Bonchev–Trinajstić information content (AvgIpc) is 2.52. The van der Waals surface area contributed by atoms with Crippen molar-refractivity contribution in [3.8, 4) is 0 Å². The Kier molecular flexibility index (Phi) is 5.83. The molecule has 6 nitrogen and oxygen atoms in total. The second-order valence-electron chi connectivity index (χ2n) is 4.74. The van der Waals surface area contributed by atoms with Gasteiger partial charge in [-0.1, -0.05) is 19.1 Å². The molecule has 0 saturated carbocycles. The topological polar surface area (TPSA) is 84.0 Å². The van der Waals surface area contributed by atoms with Gasteiger partial charge >= 0.3 is 0 Å². The molecule has 0 radical (unpaired) electrons. The van der Waals surface area contributed by atoms with Crippen molar-refractivity contribution in [2.45, 2.75) is 19.9 Å². The van der Waals surface area contributed by atoms with Crippen molar-refractivity contribution in [3.05, 3.63) is 45.0 Å². The fourth-order valence-electron chi connectivity index (χ4n) is 2.11. The van der Waals surface area contributed by atoms with Crippen LogP contribution in [0, 0.1) is 0 Å². The lowest BCUT2D eigenvalue weighted by Crippen LogP contribution is -2.35. The molecule has 0 aliphatic rings. The van der Waals surface area contributed by atoms with Crippen molar-refractivity contribution in [1.82, 2.24) is 15.1 Å². The van der Waals surface area contributed by atoms with Crippen LogP contribution in [0.15, 0.2) is 33.9 Å². The van der Waals surface area contributed by atoms with Crippen molar-refractivity contribution in [2.75, 3.05) is 18.1 Å². The first kappa shape index (κ1) is 16.4. The summed E-state index contributed by atoms with van der Waals surface area (Å²) in [7, 11) is 0. The molecule has 2 N–H and O–H groups in total. The second-order valence-corrected chi connectivity index (χ2v) is 6.13. The number of nitrogens with zero attached hydrogens (tertiary/aromatic N) is 1. The molecule has 2 rings (SSSR count). The molecular formula is C15H19N3O3S. The van der Waals surface area contributed by atoms with E-state index in [2.05, 4.69) is 10.4 Å². The first-order chi connectivity index (χ1) is 10.6. The molecule has 7 heteroatoms. The summed E-state index contributed by atoms with van der Waals surface area (Å²) < 4.78 is 1.24. The van der Waals surface area contributed by atoms with E-state index in [9.17, 15) is 14.4 Å². The average molecular weight is 321 g/mol. The lowest BCUT2D eigenvalue weighted by Gasteiger charge is -2.08. The predicted molar refractivity (Wildman–Crippen MR) is 89.5 cm³/mol. The maximum absolute atomic E-state index is 12.2. The maximum Gasteiger partial charge on any atom is 0.273 e. The number of fused-ring (bicyclic) bond motifs is 1. The molecule has 118 valence electrons. The van der Waals surface area contributed by atoms with Gasteiger partial charge in [-0.15, -0.1) is 0 Å². The van der Waals surface area contributed by atoms with Gasteiger partial charge in [-0.2, -0.15) is 11.8 Å². The van der Waals surface area contributed by atoms with Crippen LogP contribution in [0.3, 0.4) is 0 Å². The number of hydrogen-bond acceptors (Lipinski definition) is 4. The Hall–Kier alpha value is -2.02. The van der Waals surface area contributed by atoms with Crippen molar-refractivity contribution in [3.63, 3.8) is 0 Å². The van der Waals surface area contributed by atoms with E-state index < -0.39 is 0 Å². The summed E-state index contributed by atoms with van der Waals surface area (Å²) in [5.41, 5.74) is -0.563. The van der Waals surface area contributed by atoms with E-state index in [1.807, 2.05) is 6.92 Å². The number of nitrogens with one attached hydrogen (secondary N) is 2. The first-order valence-corrected chi connectivity index (χ1v) is 8.35. The van der Waals surface area contributed by atoms with Crippen LogP contribution in [-0.2, 0) is 11.3 Å². The molecule has 1 heterocycles. The van der Waals surface area contributed by atoms with Gasteiger partial charge < -0.3 is 5.32 Å². The van der Waals surface area contributed by atoms with Gasteiger partial charge in [-0.25, -0.2) is 4.68 Å². The van der Waals surface area contributed by atoms with Gasteiger partial charge in [0.25, 0.3) is 11.1 Å². The minimum Gasteiger partial charge on any atom is -0.354 e. The van der Waals surface area contributed by atoms with Crippen LogP contribution in [0.25, 0.3) is 10.8 Å². The summed E-state index contributed by atoms with van der Waals surface area (Å²) in [6.45, 7) is 2.60. The zero-order valence-electron chi connectivity index (χ0n) is 12.4. The van der Waals surface area contributed by atoms with Gasteiger partial charge in [0.2, 0.25) is 5.91 Å². The van der Waals surface area contributed by atoms with Gasteiger partial charge in [-0.3, -0.25) is 19.5 Å². The Bertz CT molecular complexity index is 766. The lowest BCUT2D eigenvalue weighted by molar-refractivity contribution is -0.120. The number of aromatic amines is 1. The summed E-state index contributed by atoms with van der Waals surface area (Å²) in [5.74, 6) is 1.73. The summed E-state index contributed by atoms with van der Waals surface area (Å²) in [4.78, 5) is 35.8. The molecule has 0 aliphatic heterocycles. The molecule has 0 bridgehead atoms. The van der Waals surface area contributed by atoms with Crippen LogP contribution in [-0.4, -0.2) is 33.7 Å². The smallest absolute Gasteiger partial charge is 0.273 e. The zero-order valence-corrected chi connectivity index (χ0v) is 13.2. The van der Waals surface area contributed by atoms with E-state index in [4.69, 9.17) is 0 Å². The number of carbonyl (C=O) groups is 1. The summed E-state index contributed by atoms with van der Waals surface area (Å²) in [5, 5.41) is 6.05. The highest BCUT2D eigenvalue weighted by atomic mass is 32.2. The monoisotopic (exact) mass is 321 g/mol. The fraction of sp³-hybridized carbons (Fsp3) is 0.400. The Labute approximate surface area is 131 Å². The molecule has 0 fully saturated rings. The highest BCUT2D eigenvalue weighted by molar-refractivity contribution is 7.99. The number of hydrogen-bond donors (Lipinski definition) is 2. The first-order valence-electron chi connectivity index (χ1n) is 7.19. The van der Waals surface area contributed by atoms with E-state index in [0.29, 0.717) is 23.7 Å². The van der Waals surface area contributed by atoms with Gasteiger partial charge in [-0.05, 0) is 17.9 Å². The molecule has 2 aromatic rings. The van der Waals surface area contributed by atoms with Crippen LogP contribution < -0.4 is 16.4 Å². The highest BCUT2D eigenvalue weighted by Gasteiger charge is 2.07. The standard InChI is InChI=1S/C15H19N3O3S/c1-2-22-10-7-13(19)16-8-9-18-15(21)12-6-4-3-5-11(12)14(20)17-18/h3-6H,2,7-10H2,1H3,(H,16,19)(H,17,20). The summed E-state index contributed by atoms with van der Waals surface area (Å²) in [6, 6.07) is 6.69. The van der Waals surface area contributed by atoms with Crippen molar-refractivity contribution < 1.29 is 4.79 Å². The number of amides is 1. The summed E-state index contributed by atoms with van der Waals surface area (Å²) in [6.07, 6.45) is 0.460. The molecule has 1 aromatic heterocycles. The minimum absolute atomic E-state index is 0.0443. The molecule has 0 unspecified atom stereocenters. The molecule has 1 aromatic carbocycles. The SMILES string of the molecule is CCSCCC(=O)NCCn1[nH]c(=O)c2ccccc2c1=O. The van der Waals surface area contributed by atoms with Gasteiger partial charge in [0.15, 0.2) is 0 Å². The van der Waals surface area contributed by atoms with Crippen molar-refractivity contribution in [1.29, 1.82) is 0 Å². The molecule has 0 saturated heterocycles. The minimum atomic E-state index is -0.305. The maximum atomic E-state index is 12.2. The zero-order chi connectivity index (χ0) is 15.9. The van der Waals surface area contributed by atoms with Gasteiger partial charge in [0.1, 0.15) is 0 Å². The van der Waals surface area contributed by atoms with Gasteiger partial charge in [0, 0.05) is 18.7 Å². The third-order valence-electron chi connectivity index (χ3n) is 3.22. The quantitative estimate of drug-likeness (QED) is 0.744. The molecule has 0 aliphatic carbocycles.